The minimum absolute atomic E-state index is 0.0264. The van der Waals surface area contributed by atoms with Gasteiger partial charge >= 0.3 is 6.09 Å². The van der Waals surface area contributed by atoms with Crippen molar-refractivity contribution in [2.45, 2.75) is 26.4 Å². The molecule has 1 fully saturated rings. The molecule has 2 amide bonds. The number of carbonyl (C=O) groups excluding carboxylic acids is 3. The van der Waals surface area contributed by atoms with Gasteiger partial charge in [0.15, 0.2) is 5.78 Å². The van der Waals surface area contributed by atoms with Gasteiger partial charge in [0.05, 0.1) is 0 Å². The average molecular weight is 394 g/mol. The number of benzene rings is 2. The Morgan fingerprint density at radius 3 is 2.10 bits per heavy atom. The van der Waals surface area contributed by atoms with Crippen LogP contribution >= 0.6 is 0 Å². The monoisotopic (exact) mass is 394 g/mol. The summed E-state index contributed by atoms with van der Waals surface area (Å²) in [6.45, 7) is 3.99. The Morgan fingerprint density at radius 1 is 0.828 bits per heavy atom. The second-order valence-corrected chi connectivity index (χ2v) is 7.20. The lowest BCUT2D eigenvalue weighted by Crippen LogP contribution is -2.50. The zero-order chi connectivity index (χ0) is 20.6. The molecule has 0 aromatic heterocycles. The van der Waals surface area contributed by atoms with Crippen molar-refractivity contribution in [1.82, 2.24) is 9.80 Å². The van der Waals surface area contributed by atoms with Gasteiger partial charge in [-0.25, -0.2) is 4.79 Å². The molecular formula is C23H26N2O4. The van der Waals surface area contributed by atoms with Gasteiger partial charge in [0.1, 0.15) is 6.61 Å². The molecule has 152 valence electrons. The Morgan fingerprint density at radius 2 is 1.45 bits per heavy atom. The van der Waals surface area contributed by atoms with Crippen LogP contribution in [-0.2, 0) is 16.1 Å². The fourth-order valence-corrected chi connectivity index (χ4v) is 3.21. The van der Waals surface area contributed by atoms with Crippen LogP contribution in [0.4, 0.5) is 4.79 Å². The zero-order valence-electron chi connectivity index (χ0n) is 16.7. The molecule has 0 bridgehead atoms. The Hall–Kier alpha value is -3.15. The maximum absolute atomic E-state index is 12.4. The van der Waals surface area contributed by atoms with Crippen LogP contribution in [0.2, 0.25) is 0 Å². The average Bonchev–Trinajstić information content (AvgIpc) is 2.77. The standard InChI is InChI=1S/C23H26N2O4/c1-18-7-9-20(10-8-18)21(26)11-12-22(27)24-13-15-25(16-14-24)23(28)29-17-19-5-3-2-4-6-19/h2-10H,11-17H2,1H3. The van der Waals surface area contributed by atoms with Crippen LogP contribution in [0.1, 0.15) is 34.3 Å². The van der Waals surface area contributed by atoms with Crippen molar-refractivity contribution in [3.8, 4) is 0 Å². The summed E-state index contributed by atoms with van der Waals surface area (Å²) in [6, 6.07) is 16.9. The smallest absolute Gasteiger partial charge is 0.410 e. The molecule has 0 spiro atoms. The molecule has 0 unspecified atom stereocenters. The highest BCUT2D eigenvalue weighted by Crippen LogP contribution is 2.11. The molecule has 29 heavy (non-hydrogen) atoms. The van der Waals surface area contributed by atoms with E-state index in [-0.39, 0.29) is 37.2 Å². The normalized spacial score (nSPS) is 13.8. The summed E-state index contributed by atoms with van der Waals surface area (Å²) < 4.78 is 5.34. The number of nitrogens with zero attached hydrogens (tertiary/aromatic N) is 2. The molecule has 2 aromatic carbocycles. The first-order valence-corrected chi connectivity index (χ1v) is 9.86. The Balaban J connectivity index is 1.39. The lowest BCUT2D eigenvalue weighted by Gasteiger charge is -2.34. The fourth-order valence-electron chi connectivity index (χ4n) is 3.21. The van der Waals surface area contributed by atoms with Crippen LogP contribution in [0.5, 0.6) is 0 Å². The van der Waals surface area contributed by atoms with E-state index in [4.69, 9.17) is 4.74 Å². The summed E-state index contributed by atoms with van der Waals surface area (Å²) in [5.41, 5.74) is 2.67. The third-order valence-corrected chi connectivity index (χ3v) is 5.04. The molecule has 0 radical (unpaired) electrons. The van der Waals surface area contributed by atoms with Crippen molar-refractivity contribution in [3.63, 3.8) is 0 Å². The molecule has 3 rings (SSSR count). The van der Waals surface area contributed by atoms with Crippen molar-refractivity contribution in [2.24, 2.45) is 0 Å². The first kappa shape index (κ1) is 20.6. The highest BCUT2D eigenvalue weighted by molar-refractivity contribution is 5.98. The second kappa shape index (κ2) is 9.87. The number of piperazine rings is 1. The van der Waals surface area contributed by atoms with E-state index in [1.165, 1.54) is 0 Å². The van der Waals surface area contributed by atoms with E-state index < -0.39 is 0 Å². The van der Waals surface area contributed by atoms with Crippen LogP contribution in [0, 0.1) is 6.92 Å². The molecule has 6 nitrogen and oxygen atoms in total. The number of ketones is 1. The van der Waals surface area contributed by atoms with Crippen molar-refractivity contribution >= 4 is 17.8 Å². The molecule has 2 aromatic rings. The van der Waals surface area contributed by atoms with E-state index in [0.717, 1.165) is 11.1 Å². The van der Waals surface area contributed by atoms with Gasteiger partial charge in [-0.15, -0.1) is 0 Å². The third-order valence-electron chi connectivity index (χ3n) is 5.04. The predicted molar refractivity (Wildman–Crippen MR) is 110 cm³/mol. The van der Waals surface area contributed by atoms with E-state index in [2.05, 4.69) is 0 Å². The SMILES string of the molecule is Cc1ccc(C(=O)CCC(=O)N2CCN(C(=O)OCc3ccccc3)CC2)cc1. The predicted octanol–water partition coefficient (Wildman–Crippen LogP) is 3.44. The van der Waals surface area contributed by atoms with Gasteiger partial charge in [0.2, 0.25) is 5.91 Å². The number of ether oxygens (including phenoxy) is 1. The van der Waals surface area contributed by atoms with Crippen molar-refractivity contribution in [1.29, 1.82) is 0 Å². The number of rotatable bonds is 6. The summed E-state index contributed by atoms with van der Waals surface area (Å²) in [5.74, 6) is -0.0794. The maximum atomic E-state index is 12.4. The van der Waals surface area contributed by atoms with Crippen LogP contribution < -0.4 is 0 Å². The highest BCUT2D eigenvalue weighted by Gasteiger charge is 2.25. The van der Waals surface area contributed by atoms with Crippen molar-refractivity contribution in [2.75, 3.05) is 26.2 Å². The van der Waals surface area contributed by atoms with Crippen LogP contribution in [0.25, 0.3) is 0 Å². The topological polar surface area (TPSA) is 66.9 Å². The van der Waals surface area contributed by atoms with Gasteiger partial charge in [-0.1, -0.05) is 60.2 Å². The first-order chi connectivity index (χ1) is 14.0. The molecule has 0 N–H and O–H groups in total. The fraction of sp³-hybridized carbons (Fsp3) is 0.348. The summed E-state index contributed by atoms with van der Waals surface area (Å²) in [7, 11) is 0. The molecule has 0 aliphatic carbocycles. The summed E-state index contributed by atoms with van der Waals surface area (Å²) in [4.78, 5) is 40.2. The zero-order valence-corrected chi connectivity index (χ0v) is 16.7. The second-order valence-electron chi connectivity index (χ2n) is 7.20. The van der Waals surface area contributed by atoms with Gasteiger partial charge in [0, 0.05) is 44.6 Å². The van der Waals surface area contributed by atoms with E-state index in [9.17, 15) is 14.4 Å². The number of aryl methyl sites for hydroxylation is 1. The Bertz CT molecular complexity index is 841. The van der Waals surface area contributed by atoms with Crippen molar-refractivity contribution in [3.05, 3.63) is 71.3 Å². The lowest BCUT2D eigenvalue weighted by molar-refractivity contribution is -0.132. The quantitative estimate of drug-likeness (QED) is 0.704. The molecule has 1 aliphatic heterocycles. The van der Waals surface area contributed by atoms with Gasteiger partial charge in [-0.3, -0.25) is 9.59 Å². The Kier molecular flexibility index (Phi) is 7.00. The van der Waals surface area contributed by atoms with Crippen LogP contribution in [-0.4, -0.2) is 53.8 Å². The molecule has 1 saturated heterocycles. The maximum Gasteiger partial charge on any atom is 0.410 e. The largest absolute Gasteiger partial charge is 0.445 e. The van der Waals surface area contributed by atoms with E-state index >= 15 is 0 Å². The molecular weight excluding hydrogens is 368 g/mol. The number of hydrogen-bond donors (Lipinski definition) is 0. The van der Waals surface area contributed by atoms with E-state index in [0.29, 0.717) is 31.7 Å². The molecule has 6 heteroatoms. The molecule has 0 atom stereocenters. The van der Waals surface area contributed by atoms with Crippen molar-refractivity contribution < 1.29 is 19.1 Å². The minimum atomic E-state index is -0.365. The van der Waals surface area contributed by atoms with Crippen LogP contribution in [0.3, 0.4) is 0 Å². The first-order valence-electron chi connectivity index (χ1n) is 9.86. The number of Topliss-reactive ketones (excluding diaryl/α,β-unsaturated/α-hetero) is 1. The lowest BCUT2D eigenvalue weighted by atomic mass is 10.0. The van der Waals surface area contributed by atoms with Gasteiger partial charge in [0.25, 0.3) is 0 Å². The van der Waals surface area contributed by atoms with Gasteiger partial charge in [-0.05, 0) is 12.5 Å². The van der Waals surface area contributed by atoms with Gasteiger partial charge < -0.3 is 14.5 Å². The Labute approximate surface area is 171 Å². The number of carbonyl (C=O) groups is 3. The number of amides is 2. The highest BCUT2D eigenvalue weighted by atomic mass is 16.6. The summed E-state index contributed by atoms with van der Waals surface area (Å²) >= 11 is 0. The summed E-state index contributed by atoms with van der Waals surface area (Å²) in [5, 5.41) is 0. The number of hydrogen-bond acceptors (Lipinski definition) is 4. The molecule has 1 heterocycles. The molecule has 0 saturated carbocycles. The van der Waals surface area contributed by atoms with E-state index in [1.807, 2.05) is 49.4 Å². The minimum Gasteiger partial charge on any atom is -0.445 e. The van der Waals surface area contributed by atoms with Crippen LogP contribution in [0.15, 0.2) is 54.6 Å². The van der Waals surface area contributed by atoms with Gasteiger partial charge in [-0.2, -0.15) is 0 Å². The third kappa shape index (κ3) is 5.91. The molecule has 1 aliphatic rings. The summed E-state index contributed by atoms with van der Waals surface area (Å²) in [6.07, 6.45) is 0.0161. The van der Waals surface area contributed by atoms with E-state index in [1.54, 1.807) is 21.9 Å².